The van der Waals surface area contributed by atoms with E-state index in [0.29, 0.717) is 12.4 Å². The number of nitrogens with zero attached hydrogens (tertiary/aromatic N) is 2. The average Bonchev–Trinajstić information content (AvgIpc) is 3.39. The molecule has 1 unspecified atom stereocenters. The van der Waals surface area contributed by atoms with Gasteiger partial charge in [-0.3, -0.25) is 9.89 Å². The number of anilines is 1. The van der Waals surface area contributed by atoms with E-state index in [2.05, 4.69) is 39.1 Å². The van der Waals surface area contributed by atoms with Crippen LogP contribution in [0, 0.1) is 0 Å². The van der Waals surface area contributed by atoms with Crippen molar-refractivity contribution in [1.29, 1.82) is 0 Å². The highest BCUT2D eigenvalue weighted by molar-refractivity contribution is 5.94. The summed E-state index contributed by atoms with van der Waals surface area (Å²) in [6, 6.07) is 9.97. The van der Waals surface area contributed by atoms with Gasteiger partial charge in [0.05, 0.1) is 18.5 Å². The van der Waals surface area contributed by atoms with E-state index in [1.165, 1.54) is 0 Å². The Hall–Kier alpha value is -2.80. The number of carbonyl (C=O) groups excluding carboxylic acids is 1. The Kier molecular flexibility index (Phi) is 4.38. The SMILES string of the molecule is CCn1c(-c2cc(NC(=O)C3CCCO3)n[nH]2)cc2cc(OC)ccc21. The number of H-pyrrole nitrogens is 1. The molecule has 2 aromatic heterocycles. The van der Waals surface area contributed by atoms with Crippen LogP contribution in [0.25, 0.3) is 22.3 Å². The number of amides is 1. The van der Waals surface area contributed by atoms with Gasteiger partial charge in [-0.2, -0.15) is 5.10 Å². The van der Waals surface area contributed by atoms with Crippen LogP contribution in [-0.2, 0) is 16.1 Å². The topological polar surface area (TPSA) is 81.2 Å². The summed E-state index contributed by atoms with van der Waals surface area (Å²) < 4.78 is 12.9. The van der Waals surface area contributed by atoms with Gasteiger partial charge in [0, 0.05) is 30.1 Å². The second-order valence-corrected chi connectivity index (χ2v) is 6.36. The first-order valence-electron chi connectivity index (χ1n) is 8.85. The maximum Gasteiger partial charge on any atom is 0.254 e. The van der Waals surface area contributed by atoms with Crippen molar-refractivity contribution in [3.8, 4) is 17.1 Å². The van der Waals surface area contributed by atoms with Crippen molar-refractivity contribution in [3.05, 3.63) is 30.3 Å². The molecular formula is C19H22N4O3. The number of aromatic amines is 1. The summed E-state index contributed by atoms with van der Waals surface area (Å²) in [4.78, 5) is 12.2. The van der Waals surface area contributed by atoms with Crippen molar-refractivity contribution in [3.63, 3.8) is 0 Å². The van der Waals surface area contributed by atoms with Gasteiger partial charge in [0.15, 0.2) is 5.82 Å². The van der Waals surface area contributed by atoms with E-state index < -0.39 is 0 Å². The van der Waals surface area contributed by atoms with Crippen LogP contribution < -0.4 is 10.1 Å². The van der Waals surface area contributed by atoms with Gasteiger partial charge in [-0.1, -0.05) is 0 Å². The summed E-state index contributed by atoms with van der Waals surface area (Å²) in [6.07, 6.45) is 1.31. The van der Waals surface area contributed by atoms with Gasteiger partial charge in [-0.05, 0) is 44.0 Å². The molecule has 1 atom stereocenters. The van der Waals surface area contributed by atoms with E-state index in [-0.39, 0.29) is 12.0 Å². The minimum atomic E-state index is -0.371. The van der Waals surface area contributed by atoms with E-state index in [4.69, 9.17) is 9.47 Å². The number of ether oxygens (including phenoxy) is 2. The molecule has 0 spiro atoms. The third-order valence-electron chi connectivity index (χ3n) is 4.75. The Bertz CT molecular complexity index is 938. The van der Waals surface area contributed by atoms with Gasteiger partial charge in [0.1, 0.15) is 11.9 Å². The molecule has 26 heavy (non-hydrogen) atoms. The number of rotatable bonds is 5. The first-order chi connectivity index (χ1) is 12.7. The molecule has 0 saturated carbocycles. The van der Waals surface area contributed by atoms with Crippen molar-refractivity contribution in [2.24, 2.45) is 0 Å². The highest BCUT2D eigenvalue weighted by Gasteiger charge is 2.24. The molecule has 3 heterocycles. The summed E-state index contributed by atoms with van der Waals surface area (Å²) in [5.74, 6) is 1.19. The van der Waals surface area contributed by atoms with Crippen LogP contribution in [0.4, 0.5) is 5.82 Å². The second-order valence-electron chi connectivity index (χ2n) is 6.36. The number of aryl methyl sites for hydroxylation is 1. The standard InChI is InChI=1S/C19H22N4O3/c1-3-23-15-7-6-13(25-2)9-12(15)10-16(23)14-11-18(22-21-14)20-19(24)17-5-4-8-26-17/h6-7,9-11,17H,3-5,8H2,1-2H3,(H2,20,21,22,24). The van der Waals surface area contributed by atoms with Crippen LogP contribution in [0.3, 0.4) is 0 Å². The van der Waals surface area contributed by atoms with E-state index in [0.717, 1.165) is 47.4 Å². The Labute approximate surface area is 151 Å². The van der Waals surface area contributed by atoms with Crippen molar-refractivity contribution in [2.45, 2.75) is 32.4 Å². The molecule has 1 aromatic carbocycles. The Morgan fingerprint density at radius 3 is 3.04 bits per heavy atom. The lowest BCUT2D eigenvalue weighted by molar-refractivity contribution is -0.124. The lowest BCUT2D eigenvalue weighted by Crippen LogP contribution is -2.26. The minimum absolute atomic E-state index is 0.138. The number of methoxy groups -OCH3 is 1. The maximum atomic E-state index is 12.2. The number of hydrogen-bond acceptors (Lipinski definition) is 4. The molecule has 1 fully saturated rings. The fourth-order valence-electron chi connectivity index (χ4n) is 3.45. The fraction of sp³-hybridized carbons (Fsp3) is 0.368. The Morgan fingerprint density at radius 2 is 2.31 bits per heavy atom. The zero-order valence-corrected chi connectivity index (χ0v) is 14.9. The van der Waals surface area contributed by atoms with Crippen molar-refractivity contribution >= 4 is 22.6 Å². The lowest BCUT2D eigenvalue weighted by Gasteiger charge is -2.07. The number of aromatic nitrogens is 3. The van der Waals surface area contributed by atoms with Gasteiger partial charge >= 0.3 is 0 Å². The van der Waals surface area contributed by atoms with Crippen LogP contribution in [-0.4, -0.2) is 40.5 Å². The molecule has 4 rings (SSSR count). The van der Waals surface area contributed by atoms with Crippen LogP contribution in [0.5, 0.6) is 5.75 Å². The molecule has 136 valence electrons. The number of fused-ring (bicyclic) bond motifs is 1. The molecule has 1 amide bonds. The third kappa shape index (κ3) is 2.94. The molecule has 7 nitrogen and oxygen atoms in total. The van der Waals surface area contributed by atoms with Crippen molar-refractivity contribution in [2.75, 3.05) is 19.0 Å². The van der Waals surface area contributed by atoms with Gasteiger partial charge in [0.2, 0.25) is 0 Å². The average molecular weight is 354 g/mol. The van der Waals surface area contributed by atoms with Crippen molar-refractivity contribution in [1.82, 2.24) is 14.8 Å². The minimum Gasteiger partial charge on any atom is -0.497 e. The molecule has 0 bridgehead atoms. The first-order valence-corrected chi connectivity index (χ1v) is 8.85. The zero-order chi connectivity index (χ0) is 18.1. The quantitative estimate of drug-likeness (QED) is 0.737. The number of nitrogens with one attached hydrogen (secondary N) is 2. The van der Waals surface area contributed by atoms with Gasteiger partial charge in [-0.25, -0.2) is 0 Å². The number of hydrogen-bond donors (Lipinski definition) is 2. The Morgan fingerprint density at radius 1 is 1.42 bits per heavy atom. The summed E-state index contributed by atoms with van der Waals surface area (Å²) in [7, 11) is 1.66. The fourth-order valence-corrected chi connectivity index (χ4v) is 3.45. The smallest absolute Gasteiger partial charge is 0.254 e. The second kappa shape index (κ2) is 6.84. The van der Waals surface area contributed by atoms with Crippen LogP contribution in [0.2, 0.25) is 0 Å². The predicted octanol–water partition coefficient (Wildman–Crippen LogP) is 3.18. The number of benzene rings is 1. The monoisotopic (exact) mass is 354 g/mol. The maximum absolute atomic E-state index is 12.2. The summed E-state index contributed by atoms with van der Waals surface area (Å²) in [5.41, 5.74) is 2.99. The molecule has 1 aliphatic rings. The van der Waals surface area contributed by atoms with E-state index >= 15 is 0 Å². The first kappa shape index (κ1) is 16.7. The third-order valence-corrected chi connectivity index (χ3v) is 4.75. The van der Waals surface area contributed by atoms with E-state index in [1.54, 1.807) is 7.11 Å². The normalized spacial score (nSPS) is 16.9. The van der Waals surface area contributed by atoms with E-state index in [9.17, 15) is 4.79 Å². The van der Waals surface area contributed by atoms with Gasteiger partial charge in [-0.15, -0.1) is 0 Å². The van der Waals surface area contributed by atoms with Crippen molar-refractivity contribution < 1.29 is 14.3 Å². The molecule has 0 radical (unpaired) electrons. The highest BCUT2D eigenvalue weighted by atomic mass is 16.5. The molecule has 3 aromatic rings. The lowest BCUT2D eigenvalue weighted by atomic mass is 10.2. The molecular weight excluding hydrogens is 332 g/mol. The van der Waals surface area contributed by atoms with Crippen LogP contribution >= 0.6 is 0 Å². The van der Waals surface area contributed by atoms with Gasteiger partial charge < -0.3 is 19.4 Å². The highest BCUT2D eigenvalue weighted by Crippen LogP contribution is 2.30. The Balaban J connectivity index is 1.63. The molecule has 2 N–H and O–H groups in total. The van der Waals surface area contributed by atoms with Gasteiger partial charge in [0.25, 0.3) is 5.91 Å². The largest absolute Gasteiger partial charge is 0.497 e. The molecule has 0 aliphatic carbocycles. The van der Waals surface area contributed by atoms with E-state index in [1.807, 2.05) is 18.2 Å². The zero-order valence-electron chi connectivity index (χ0n) is 14.9. The molecule has 1 saturated heterocycles. The summed E-state index contributed by atoms with van der Waals surface area (Å²) in [6.45, 7) is 3.56. The summed E-state index contributed by atoms with van der Waals surface area (Å²) >= 11 is 0. The van der Waals surface area contributed by atoms with Crippen LogP contribution in [0.15, 0.2) is 30.3 Å². The molecule has 7 heteroatoms. The number of carbonyl (C=O) groups is 1. The summed E-state index contributed by atoms with van der Waals surface area (Å²) in [5, 5.41) is 11.2. The molecule has 1 aliphatic heterocycles. The predicted molar refractivity (Wildman–Crippen MR) is 99.3 cm³/mol. The van der Waals surface area contributed by atoms with Crippen LogP contribution in [0.1, 0.15) is 19.8 Å².